The van der Waals surface area contributed by atoms with Gasteiger partial charge in [-0.15, -0.1) is 0 Å². The molecule has 1 atom stereocenters. The molecule has 0 heterocycles. The number of carbonyl (C=O) groups is 2. The fraction of sp³-hybridized carbons (Fsp3) is 0.125. The minimum atomic E-state index is -1.07. The molecule has 0 aliphatic rings. The molecule has 5 nitrogen and oxygen atoms in total. The summed E-state index contributed by atoms with van der Waals surface area (Å²) in [5.74, 6) is -1.26. The molecule has 126 valence electrons. The number of halogens is 3. The first-order valence-corrected chi connectivity index (χ1v) is 7.86. The summed E-state index contributed by atoms with van der Waals surface area (Å²) in [5, 5.41) is 12.4. The van der Waals surface area contributed by atoms with Gasteiger partial charge in [0.2, 0.25) is 0 Å². The number of nitrogens with one attached hydrogen (secondary N) is 1. The molecule has 0 spiro atoms. The third-order valence-electron chi connectivity index (χ3n) is 3.02. The maximum atomic E-state index is 12.1. The number of esters is 1. The van der Waals surface area contributed by atoms with Crippen LogP contribution in [0.15, 0.2) is 36.4 Å². The van der Waals surface area contributed by atoms with Crippen molar-refractivity contribution < 1.29 is 19.4 Å². The van der Waals surface area contributed by atoms with Crippen LogP contribution in [-0.2, 0) is 9.53 Å². The normalized spacial score (nSPS) is 11.7. The molecular formula is C16H12Cl3NO4. The zero-order valence-electron chi connectivity index (χ0n) is 12.3. The lowest BCUT2D eigenvalue weighted by atomic mass is 10.2. The maximum absolute atomic E-state index is 12.1. The Balaban J connectivity index is 2.03. The first-order chi connectivity index (χ1) is 11.3. The van der Waals surface area contributed by atoms with Gasteiger partial charge < -0.3 is 15.2 Å². The smallest absolute Gasteiger partial charge is 0.338 e. The molecule has 0 saturated heterocycles. The summed E-state index contributed by atoms with van der Waals surface area (Å²) in [4.78, 5) is 24.1. The largest absolute Gasteiger partial charge is 0.508 e. The summed E-state index contributed by atoms with van der Waals surface area (Å²) in [6, 6.07) is 8.26. The maximum Gasteiger partial charge on any atom is 0.338 e. The van der Waals surface area contributed by atoms with Crippen molar-refractivity contribution in [1.29, 1.82) is 0 Å². The number of ether oxygens (including phenoxy) is 1. The molecule has 2 aromatic carbocycles. The topological polar surface area (TPSA) is 75.6 Å². The number of amides is 1. The third-order valence-corrected chi connectivity index (χ3v) is 4.06. The third kappa shape index (κ3) is 4.54. The first kappa shape index (κ1) is 18.4. The van der Waals surface area contributed by atoms with Crippen molar-refractivity contribution in [3.63, 3.8) is 0 Å². The number of aromatic hydroxyl groups is 1. The Morgan fingerprint density at radius 3 is 2.25 bits per heavy atom. The summed E-state index contributed by atoms with van der Waals surface area (Å²) in [6.07, 6.45) is -1.07. The van der Waals surface area contributed by atoms with Crippen LogP contribution in [0.25, 0.3) is 0 Å². The van der Waals surface area contributed by atoms with E-state index in [2.05, 4.69) is 5.32 Å². The molecule has 0 radical (unpaired) electrons. The lowest BCUT2D eigenvalue weighted by molar-refractivity contribution is -0.123. The average molecular weight is 389 g/mol. The van der Waals surface area contributed by atoms with Crippen LogP contribution in [0.1, 0.15) is 17.3 Å². The fourth-order valence-corrected chi connectivity index (χ4v) is 2.33. The Morgan fingerprint density at radius 1 is 1.04 bits per heavy atom. The predicted octanol–water partition coefficient (Wildman–Crippen LogP) is 4.54. The van der Waals surface area contributed by atoms with Crippen molar-refractivity contribution in [2.45, 2.75) is 13.0 Å². The number of rotatable bonds is 4. The summed E-state index contributed by atoms with van der Waals surface area (Å²) < 4.78 is 5.07. The SMILES string of the molecule is C[C@H](OC(=O)c1ccc(O)cc1)C(=O)Nc1cc(Cl)c(Cl)cc1Cl. The van der Waals surface area contributed by atoms with Crippen LogP contribution in [0.4, 0.5) is 5.69 Å². The van der Waals surface area contributed by atoms with E-state index >= 15 is 0 Å². The predicted molar refractivity (Wildman–Crippen MR) is 93.1 cm³/mol. The highest BCUT2D eigenvalue weighted by molar-refractivity contribution is 6.44. The van der Waals surface area contributed by atoms with Gasteiger partial charge in [0.15, 0.2) is 6.10 Å². The van der Waals surface area contributed by atoms with E-state index in [1.807, 2.05) is 0 Å². The summed E-state index contributed by atoms with van der Waals surface area (Å²) in [5.41, 5.74) is 0.462. The molecule has 0 aromatic heterocycles. The Morgan fingerprint density at radius 2 is 1.62 bits per heavy atom. The van der Waals surface area contributed by atoms with Crippen molar-refractivity contribution >= 4 is 52.4 Å². The van der Waals surface area contributed by atoms with E-state index in [4.69, 9.17) is 39.5 Å². The molecule has 24 heavy (non-hydrogen) atoms. The second kappa shape index (κ2) is 7.75. The number of phenolic OH excluding ortho intramolecular Hbond substituents is 1. The van der Waals surface area contributed by atoms with Crippen molar-refractivity contribution in [1.82, 2.24) is 0 Å². The lowest BCUT2D eigenvalue weighted by Gasteiger charge is -2.14. The van der Waals surface area contributed by atoms with Crippen LogP contribution in [-0.4, -0.2) is 23.1 Å². The van der Waals surface area contributed by atoms with Gasteiger partial charge >= 0.3 is 5.97 Å². The van der Waals surface area contributed by atoms with E-state index in [1.165, 1.54) is 43.3 Å². The van der Waals surface area contributed by atoms with Crippen LogP contribution < -0.4 is 5.32 Å². The highest BCUT2D eigenvalue weighted by Crippen LogP contribution is 2.32. The van der Waals surface area contributed by atoms with Crippen molar-refractivity contribution in [2.24, 2.45) is 0 Å². The van der Waals surface area contributed by atoms with Gasteiger partial charge in [0.05, 0.1) is 26.3 Å². The number of phenols is 1. The Labute approximate surface area is 153 Å². The molecule has 0 fully saturated rings. The van der Waals surface area contributed by atoms with Gasteiger partial charge in [-0.1, -0.05) is 34.8 Å². The van der Waals surface area contributed by atoms with E-state index < -0.39 is 18.0 Å². The molecule has 0 saturated carbocycles. The molecule has 2 N–H and O–H groups in total. The molecule has 2 aromatic rings. The van der Waals surface area contributed by atoms with Crippen LogP contribution in [0.3, 0.4) is 0 Å². The minimum Gasteiger partial charge on any atom is -0.508 e. The van der Waals surface area contributed by atoms with Crippen molar-refractivity contribution in [3.8, 4) is 5.75 Å². The van der Waals surface area contributed by atoms with Crippen molar-refractivity contribution in [2.75, 3.05) is 5.32 Å². The Bertz CT molecular complexity index is 778. The van der Waals surface area contributed by atoms with Gasteiger partial charge in [0.25, 0.3) is 5.91 Å². The Kier molecular flexibility index (Phi) is 5.94. The molecule has 0 bridgehead atoms. The molecular weight excluding hydrogens is 377 g/mol. The van der Waals surface area contributed by atoms with Crippen LogP contribution in [0.5, 0.6) is 5.75 Å². The number of hydrogen-bond donors (Lipinski definition) is 2. The van der Waals surface area contributed by atoms with E-state index in [9.17, 15) is 14.7 Å². The van der Waals surface area contributed by atoms with Crippen LogP contribution in [0, 0.1) is 0 Å². The average Bonchev–Trinajstić information content (AvgIpc) is 2.53. The number of anilines is 1. The van der Waals surface area contributed by atoms with Gasteiger partial charge in [-0.05, 0) is 43.3 Å². The molecule has 0 aliphatic carbocycles. The highest BCUT2D eigenvalue weighted by Gasteiger charge is 2.20. The molecule has 8 heteroatoms. The molecule has 0 aliphatic heterocycles. The van der Waals surface area contributed by atoms with Gasteiger partial charge in [-0.25, -0.2) is 4.79 Å². The van der Waals surface area contributed by atoms with Gasteiger partial charge in [-0.2, -0.15) is 0 Å². The number of hydrogen-bond acceptors (Lipinski definition) is 4. The highest BCUT2D eigenvalue weighted by atomic mass is 35.5. The first-order valence-electron chi connectivity index (χ1n) is 6.73. The quantitative estimate of drug-likeness (QED) is 0.596. The van der Waals surface area contributed by atoms with Crippen LogP contribution in [0.2, 0.25) is 15.1 Å². The summed E-state index contributed by atoms with van der Waals surface area (Å²) in [6.45, 7) is 1.42. The molecule has 0 unspecified atom stereocenters. The van der Waals surface area contributed by atoms with Gasteiger partial charge in [0.1, 0.15) is 5.75 Å². The zero-order chi connectivity index (χ0) is 17.9. The van der Waals surface area contributed by atoms with Gasteiger partial charge in [-0.3, -0.25) is 4.79 Å². The second-order valence-electron chi connectivity index (χ2n) is 4.83. The van der Waals surface area contributed by atoms with Crippen LogP contribution >= 0.6 is 34.8 Å². The van der Waals surface area contributed by atoms with E-state index in [-0.39, 0.29) is 32.1 Å². The van der Waals surface area contributed by atoms with E-state index in [0.29, 0.717) is 0 Å². The summed E-state index contributed by atoms with van der Waals surface area (Å²) in [7, 11) is 0. The monoisotopic (exact) mass is 387 g/mol. The van der Waals surface area contributed by atoms with E-state index in [1.54, 1.807) is 0 Å². The van der Waals surface area contributed by atoms with Crippen molar-refractivity contribution in [3.05, 3.63) is 57.0 Å². The lowest BCUT2D eigenvalue weighted by Crippen LogP contribution is -2.30. The number of carbonyl (C=O) groups excluding carboxylic acids is 2. The van der Waals surface area contributed by atoms with Gasteiger partial charge in [0, 0.05) is 0 Å². The standard InChI is InChI=1S/C16H12Cl3NO4/c1-8(24-16(23)9-2-4-10(21)5-3-9)15(22)20-14-7-12(18)11(17)6-13(14)19/h2-8,21H,1H3,(H,20,22)/t8-/m0/s1. The Hall–Kier alpha value is -1.95. The molecule has 2 rings (SSSR count). The minimum absolute atomic E-state index is 0.0200. The number of benzene rings is 2. The fourth-order valence-electron chi connectivity index (χ4n) is 1.73. The zero-order valence-corrected chi connectivity index (χ0v) is 14.6. The summed E-state index contributed by atoms with van der Waals surface area (Å²) >= 11 is 17.7. The molecule has 1 amide bonds. The second-order valence-corrected chi connectivity index (χ2v) is 6.05. The van der Waals surface area contributed by atoms with E-state index in [0.717, 1.165) is 0 Å².